The van der Waals surface area contributed by atoms with Crippen LogP contribution in [0.15, 0.2) is 68.9 Å². The van der Waals surface area contributed by atoms with Crippen molar-refractivity contribution in [2.45, 2.75) is 20.0 Å². The van der Waals surface area contributed by atoms with E-state index in [-0.39, 0.29) is 18.0 Å². The van der Waals surface area contributed by atoms with Crippen LogP contribution in [0, 0.1) is 0 Å². The second-order valence-corrected chi connectivity index (χ2v) is 7.61. The van der Waals surface area contributed by atoms with Crippen molar-refractivity contribution in [3.05, 3.63) is 91.3 Å². The second-order valence-electron chi connectivity index (χ2n) is 6.69. The Labute approximate surface area is 179 Å². The molecule has 0 fully saturated rings. The Morgan fingerprint density at radius 1 is 1.17 bits per heavy atom. The third-order valence-electron chi connectivity index (χ3n) is 4.74. The van der Waals surface area contributed by atoms with Gasteiger partial charge < -0.3 is 10.3 Å². The fourth-order valence-corrected chi connectivity index (χ4v) is 3.42. The molecule has 0 aliphatic rings. The molecule has 2 aromatic heterocycles. The number of aromatic amines is 1. The summed E-state index contributed by atoms with van der Waals surface area (Å²) in [6.45, 7) is 2.30. The first-order chi connectivity index (χ1) is 14.5. The van der Waals surface area contributed by atoms with E-state index in [1.165, 1.54) is 6.07 Å². The van der Waals surface area contributed by atoms with Crippen LogP contribution in [0.25, 0.3) is 16.6 Å². The van der Waals surface area contributed by atoms with Crippen LogP contribution in [-0.4, -0.2) is 25.2 Å². The van der Waals surface area contributed by atoms with Gasteiger partial charge in [-0.2, -0.15) is 5.10 Å². The number of rotatable bonds is 5. The molecule has 0 saturated heterocycles. The molecule has 0 aliphatic carbocycles. The lowest BCUT2D eigenvalue weighted by molar-refractivity contribution is 0.0951. The summed E-state index contributed by atoms with van der Waals surface area (Å²) in [5.74, 6) is -0.311. The molecule has 0 unspecified atom stereocenters. The first kappa shape index (κ1) is 19.8. The van der Waals surface area contributed by atoms with Crippen LogP contribution in [0.2, 0.25) is 0 Å². The fraction of sp³-hybridized carbons (Fsp3) is 0.143. The highest BCUT2D eigenvalue weighted by molar-refractivity contribution is 9.10. The van der Waals surface area contributed by atoms with Crippen LogP contribution < -0.4 is 16.6 Å². The monoisotopic (exact) mass is 467 g/mol. The molecular weight excluding hydrogens is 450 g/mol. The highest BCUT2D eigenvalue weighted by Crippen LogP contribution is 2.14. The van der Waals surface area contributed by atoms with E-state index in [0.717, 1.165) is 20.3 Å². The standard InChI is InChI=1S/C21H18BrN5O3/c1-2-26-20(29)17-8-3-14(9-18(17)25-21(26)30)19(28)23-10-13-11-24-27(12-13)16-6-4-15(22)5-7-16/h3-9,11-12H,2,10H2,1H3,(H,23,28)(H,25,30). The SMILES string of the molecule is CCn1c(=O)[nH]c2cc(C(=O)NCc3cnn(-c4ccc(Br)cc4)c3)ccc2c1=O. The fourth-order valence-electron chi connectivity index (χ4n) is 3.15. The van der Waals surface area contributed by atoms with Gasteiger partial charge in [-0.25, -0.2) is 9.48 Å². The Hall–Kier alpha value is -3.46. The predicted molar refractivity (Wildman–Crippen MR) is 117 cm³/mol. The molecule has 0 atom stereocenters. The molecular formula is C21H18BrN5O3. The zero-order chi connectivity index (χ0) is 21.3. The van der Waals surface area contributed by atoms with Crippen molar-refractivity contribution in [2.75, 3.05) is 0 Å². The first-order valence-corrected chi connectivity index (χ1v) is 10.1. The lowest BCUT2D eigenvalue weighted by atomic mass is 10.1. The van der Waals surface area contributed by atoms with Crippen molar-refractivity contribution in [3.63, 3.8) is 0 Å². The number of halogens is 1. The minimum absolute atomic E-state index is 0.278. The number of amides is 1. The average Bonchev–Trinajstić information content (AvgIpc) is 3.21. The molecule has 30 heavy (non-hydrogen) atoms. The number of nitrogens with zero attached hydrogens (tertiary/aromatic N) is 3. The van der Waals surface area contributed by atoms with E-state index in [4.69, 9.17) is 0 Å². The molecule has 9 heteroatoms. The molecule has 4 aromatic rings. The van der Waals surface area contributed by atoms with Crippen LogP contribution in [0.1, 0.15) is 22.8 Å². The van der Waals surface area contributed by atoms with Crippen LogP contribution in [0.4, 0.5) is 0 Å². The van der Waals surface area contributed by atoms with E-state index >= 15 is 0 Å². The van der Waals surface area contributed by atoms with E-state index in [9.17, 15) is 14.4 Å². The number of hydrogen-bond acceptors (Lipinski definition) is 4. The van der Waals surface area contributed by atoms with E-state index < -0.39 is 5.69 Å². The van der Waals surface area contributed by atoms with E-state index in [1.807, 2.05) is 30.5 Å². The van der Waals surface area contributed by atoms with Crippen LogP contribution >= 0.6 is 15.9 Å². The van der Waals surface area contributed by atoms with Gasteiger partial charge in [0, 0.05) is 34.9 Å². The van der Waals surface area contributed by atoms with Gasteiger partial charge in [-0.15, -0.1) is 0 Å². The Bertz CT molecular complexity index is 1350. The third-order valence-corrected chi connectivity index (χ3v) is 5.27. The Morgan fingerprint density at radius 3 is 2.67 bits per heavy atom. The lowest BCUT2D eigenvalue weighted by Gasteiger charge is -2.07. The summed E-state index contributed by atoms with van der Waals surface area (Å²) in [6, 6.07) is 12.4. The Kier molecular flexibility index (Phi) is 5.37. The number of fused-ring (bicyclic) bond motifs is 1. The highest BCUT2D eigenvalue weighted by Gasteiger charge is 2.11. The minimum Gasteiger partial charge on any atom is -0.348 e. The molecule has 4 rings (SSSR count). The number of aromatic nitrogens is 4. The van der Waals surface area contributed by atoms with Gasteiger partial charge >= 0.3 is 5.69 Å². The van der Waals surface area contributed by atoms with E-state index in [2.05, 4.69) is 31.3 Å². The van der Waals surface area contributed by atoms with Gasteiger partial charge in [-0.1, -0.05) is 15.9 Å². The maximum absolute atomic E-state index is 12.6. The van der Waals surface area contributed by atoms with Crippen LogP contribution in [0.5, 0.6) is 0 Å². The molecule has 2 N–H and O–H groups in total. The molecule has 2 heterocycles. The Balaban J connectivity index is 1.50. The smallest absolute Gasteiger partial charge is 0.328 e. The maximum atomic E-state index is 12.6. The summed E-state index contributed by atoms with van der Waals surface area (Å²) < 4.78 is 3.83. The van der Waals surface area contributed by atoms with Gasteiger partial charge in [0.1, 0.15) is 0 Å². The molecule has 0 spiro atoms. The van der Waals surface area contributed by atoms with Gasteiger partial charge in [0.25, 0.3) is 11.5 Å². The molecule has 8 nitrogen and oxygen atoms in total. The average molecular weight is 468 g/mol. The summed E-state index contributed by atoms with van der Waals surface area (Å²) in [5.41, 5.74) is 1.58. The quantitative estimate of drug-likeness (QED) is 0.470. The van der Waals surface area contributed by atoms with Gasteiger partial charge in [-0.3, -0.25) is 14.2 Å². The normalized spacial score (nSPS) is 11.0. The van der Waals surface area contributed by atoms with Crippen molar-refractivity contribution in [3.8, 4) is 5.69 Å². The summed E-state index contributed by atoms with van der Waals surface area (Å²) >= 11 is 3.40. The van der Waals surface area contributed by atoms with Crippen molar-refractivity contribution in [1.29, 1.82) is 0 Å². The first-order valence-electron chi connectivity index (χ1n) is 9.31. The predicted octanol–water partition coefficient (Wildman–Crippen LogP) is 2.59. The number of hydrogen-bond donors (Lipinski definition) is 2. The summed E-state index contributed by atoms with van der Waals surface area (Å²) in [7, 11) is 0. The van der Waals surface area contributed by atoms with Gasteiger partial charge in [0.05, 0.1) is 22.8 Å². The summed E-state index contributed by atoms with van der Waals surface area (Å²) in [4.78, 5) is 39.6. The minimum atomic E-state index is -0.493. The van der Waals surface area contributed by atoms with Crippen LogP contribution in [-0.2, 0) is 13.1 Å². The lowest BCUT2D eigenvalue weighted by Crippen LogP contribution is -2.34. The topological polar surface area (TPSA) is 102 Å². The van der Waals surface area contributed by atoms with Crippen molar-refractivity contribution in [2.24, 2.45) is 0 Å². The number of benzene rings is 2. The molecule has 0 bridgehead atoms. The van der Waals surface area contributed by atoms with E-state index in [0.29, 0.717) is 23.0 Å². The molecule has 0 radical (unpaired) electrons. The van der Waals surface area contributed by atoms with Gasteiger partial charge in [0.15, 0.2) is 0 Å². The maximum Gasteiger partial charge on any atom is 0.328 e. The van der Waals surface area contributed by atoms with Gasteiger partial charge in [0.2, 0.25) is 0 Å². The second kappa shape index (κ2) is 8.11. The zero-order valence-electron chi connectivity index (χ0n) is 16.1. The molecule has 2 aromatic carbocycles. The molecule has 0 saturated carbocycles. The number of carbonyl (C=O) groups excluding carboxylic acids is 1. The zero-order valence-corrected chi connectivity index (χ0v) is 17.6. The molecule has 152 valence electrons. The summed E-state index contributed by atoms with van der Waals surface area (Å²) in [6.07, 6.45) is 3.53. The van der Waals surface area contributed by atoms with Crippen molar-refractivity contribution >= 4 is 32.7 Å². The summed E-state index contributed by atoms with van der Waals surface area (Å²) in [5, 5.41) is 7.51. The molecule has 1 amide bonds. The number of nitrogens with one attached hydrogen (secondary N) is 2. The molecule has 0 aliphatic heterocycles. The van der Waals surface area contributed by atoms with Gasteiger partial charge in [-0.05, 0) is 49.4 Å². The van der Waals surface area contributed by atoms with Crippen molar-refractivity contribution < 1.29 is 4.79 Å². The number of H-pyrrole nitrogens is 1. The number of carbonyl (C=O) groups is 1. The largest absolute Gasteiger partial charge is 0.348 e. The van der Waals surface area contributed by atoms with Crippen LogP contribution in [0.3, 0.4) is 0 Å². The third kappa shape index (κ3) is 3.84. The van der Waals surface area contributed by atoms with Crippen molar-refractivity contribution in [1.82, 2.24) is 24.6 Å². The highest BCUT2D eigenvalue weighted by atomic mass is 79.9. The Morgan fingerprint density at radius 2 is 1.93 bits per heavy atom. The van der Waals surface area contributed by atoms with E-state index in [1.54, 1.807) is 29.9 Å².